The van der Waals surface area contributed by atoms with Gasteiger partial charge in [0.05, 0.1) is 30.3 Å². The van der Waals surface area contributed by atoms with Crippen LogP contribution in [0.25, 0.3) is 0 Å². The molecule has 1 heterocycles. The summed E-state index contributed by atoms with van der Waals surface area (Å²) in [5, 5.41) is 36.1. The zero-order valence-electron chi connectivity index (χ0n) is 37.2. The first kappa shape index (κ1) is 46.9. The largest absolute Gasteiger partial charge is 0.459 e. The van der Waals surface area contributed by atoms with Crippen molar-refractivity contribution >= 4 is 17.5 Å². The number of carbonyl (C=O) groups excluding carboxylic acids is 1. The molecule has 6 unspecified atom stereocenters. The summed E-state index contributed by atoms with van der Waals surface area (Å²) < 4.78 is 40.6. The predicted octanol–water partition coefficient (Wildman–Crippen LogP) is 10.2. The van der Waals surface area contributed by atoms with Crippen LogP contribution < -0.4 is 9.47 Å². The topological polar surface area (TPSA) is 162 Å². The van der Waals surface area contributed by atoms with Crippen molar-refractivity contribution in [2.75, 3.05) is 26.9 Å². The van der Waals surface area contributed by atoms with Crippen LogP contribution in [0.1, 0.15) is 78.7 Å². The molecule has 13 nitrogen and oxygen atoms in total. The summed E-state index contributed by atoms with van der Waals surface area (Å²) in [5.74, 6) is -1.12. The number of aliphatic hydroxyl groups excluding tert-OH is 2. The second kappa shape index (κ2) is 21.3. The summed E-state index contributed by atoms with van der Waals surface area (Å²) in [7, 11) is 1.30. The number of nitrogens with zero attached hydrogens (tertiary/aromatic N) is 3. The Morgan fingerprint density at radius 2 is 1.65 bits per heavy atom. The molecule has 0 radical (unpaired) electrons. The molecule has 14 heteroatoms. The molecule has 6 atom stereocenters. The Labute approximate surface area is 379 Å². The monoisotopic (exact) mass is 891 g/mol. The van der Waals surface area contributed by atoms with E-state index in [1.54, 1.807) is 35.2 Å². The molecule has 1 aliphatic heterocycles. The van der Waals surface area contributed by atoms with Gasteiger partial charge in [-0.05, 0) is 134 Å². The van der Waals surface area contributed by atoms with E-state index in [4.69, 9.17) is 28.9 Å². The number of allylic oxidation sites excluding steroid dienone is 1. The lowest BCUT2D eigenvalue weighted by Gasteiger charge is -2.59. The maximum Gasteiger partial charge on any atom is 0.410 e. The number of benzene rings is 4. The van der Waals surface area contributed by atoms with Crippen LogP contribution >= 0.6 is 0 Å². The zero-order valence-corrected chi connectivity index (χ0v) is 37.2. The molecule has 1 amide bonds. The molecule has 344 valence electrons. The molecule has 4 aromatic carbocycles. The fourth-order valence-electron chi connectivity index (χ4n) is 9.73. The standard InChI is InChI=1S/C51H58FN3O10/c1-5-26-62-51-47(54(50(58)61-4)31-35-13-17-38(52)18-14-35)30-45(53-63-32-36-15-19-39(20-16-36)55(59)60)43-28-37(10-6-8-24-56)42(11-7-9-25-57)48(49(43)51)44-29-41(22-23-46(44)65-51)64-40-21-12-33(2)34(3)27-40/h5,12-23,27-29,37,42,47-49,56-57H,1,6-11,24-26,30-32H2,2-4H3. The molecular weight excluding hydrogens is 834 g/mol. The van der Waals surface area contributed by atoms with Crippen molar-refractivity contribution in [3.8, 4) is 17.2 Å². The number of hydrogen-bond donors (Lipinski definition) is 2. The number of aliphatic hydroxyl groups is 2. The summed E-state index contributed by atoms with van der Waals surface area (Å²) in [4.78, 5) is 32.8. The number of methoxy groups -OCH3 is 1. The van der Waals surface area contributed by atoms with Crippen LogP contribution in [0, 0.1) is 47.5 Å². The van der Waals surface area contributed by atoms with Gasteiger partial charge in [0.2, 0.25) is 5.79 Å². The van der Waals surface area contributed by atoms with E-state index in [0.29, 0.717) is 46.9 Å². The Balaban J connectivity index is 1.44. The first-order valence-electron chi connectivity index (χ1n) is 22.3. The van der Waals surface area contributed by atoms with E-state index in [0.717, 1.165) is 47.9 Å². The van der Waals surface area contributed by atoms with E-state index < -0.39 is 34.6 Å². The van der Waals surface area contributed by atoms with Gasteiger partial charge >= 0.3 is 6.09 Å². The number of non-ortho nitro benzene ring substituents is 1. The van der Waals surface area contributed by atoms with Crippen LogP contribution in [0.3, 0.4) is 0 Å². The van der Waals surface area contributed by atoms with Gasteiger partial charge in [0.1, 0.15) is 35.7 Å². The number of aryl methyl sites for hydroxylation is 2. The Hall–Kier alpha value is -6.09. The normalized spacial score (nSPS) is 22.5. The number of rotatable bonds is 20. The number of ether oxygens (including phenoxy) is 4. The van der Waals surface area contributed by atoms with Crippen LogP contribution in [0.5, 0.6) is 17.2 Å². The molecule has 1 saturated carbocycles. The fraction of sp³-hybridized carbons (Fsp3) is 0.412. The van der Waals surface area contributed by atoms with Crippen molar-refractivity contribution in [2.45, 2.75) is 89.7 Å². The quantitative estimate of drug-likeness (QED) is 0.0378. The lowest BCUT2D eigenvalue weighted by Crippen LogP contribution is -2.70. The Morgan fingerprint density at radius 3 is 2.32 bits per heavy atom. The average Bonchev–Trinajstić information content (AvgIpc) is 3.30. The lowest BCUT2D eigenvalue weighted by molar-refractivity contribution is -0.384. The second-order valence-electron chi connectivity index (χ2n) is 17.0. The van der Waals surface area contributed by atoms with Crippen LogP contribution in [0.4, 0.5) is 14.9 Å². The first-order chi connectivity index (χ1) is 31.5. The van der Waals surface area contributed by atoms with Gasteiger partial charge in [-0.3, -0.25) is 15.0 Å². The summed E-state index contributed by atoms with van der Waals surface area (Å²) in [6.45, 7) is 8.25. The molecule has 7 rings (SSSR count). The van der Waals surface area contributed by atoms with E-state index in [9.17, 15) is 29.5 Å². The van der Waals surface area contributed by atoms with E-state index in [1.165, 1.54) is 31.4 Å². The Bertz CT molecular complexity index is 2370. The van der Waals surface area contributed by atoms with Crippen molar-refractivity contribution < 1.29 is 48.1 Å². The number of nitro benzene ring substituents is 1. The maximum absolute atomic E-state index is 14.3. The first-order valence-corrected chi connectivity index (χ1v) is 22.3. The number of fused-ring (bicyclic) bond motifs is 2. The van der Waals surface area contributed by atoms with Gasteiger partial charge in [0, 0.05) is 49.8 Å². The third-order valence-corrected chi connectivity index (χ3v) is 13.0. The maximum atomic E-state index is 14.3. The van der Waals surface area contributed by atoms with Gasteiger partial charge < -0.3 is 34.0 Å². The van der Waals surface area contributed by atoms with Crippen LogP contribution in [-0.2, 0) is 27.5 Å². The molecule has 65 heavy (non-hydrogen) atoms. The van der Waals surface area contributed by atoms with Gasteiger partial charge in [0.15, 0.2) is 0 Å². The molecule has 1 fully saturated rings. The number of carbonyl (C=O) groups is 1. The third-order valence-electron chi connectivity index (χ3n) is 13.0. The highest BCUT2D eigenvalue weighted by Crippen LogP contribution is 2.62. The minimum Gasteiger partial charge on any atom is -0.459 e. The summed E-state index contributed by atoms with van der Waals surface area (Å²) in [6.07, 6.45) is 7.51. The highest BCUT2D eigenvalue weighted by Gasteiger charge is 2.65. The molecule has 3 aliphatic rings. The van der Waals surface area contributed by atoms with E-state index in [1.807, 2.05) is 43.3 Å². The molecule has 0 aromatic heterocycles. The lowest BCUT2D eigenvalue weighted by atomic mass is 9.55. The Kier molecular flexibility index (Phi) is 15.3. The number of oxime groups is 1. The summed E-state index contributed by atoms with van der Waals surface area (Å²) in [5.41, 5.74) is 5.75. The smallest absolute Gasteiger partial charge is 0.410 e. The van der Waals surface area contributed by atoms with Gasteiger partial charge in [-0.15, -0.1) is 6.58 Å². The average molecular weight is 892 g/mol. The number of hydrogen-bond acceptors (Lipinski definition) is 11. The zero-order chi connectivity index (χ0) is 46.1. The molecular formula is C51H58FN3O10. The molecule has 2 N–H and O–H groups in total. The predicted molar refractivity (Wildman–Crippen MR) is 243 cm³/mol. The molecule has 0 bridgehead atoms. The molecule has 0 spiro atoms. The van der Waals surface area contributed by atoms with Crippen molar-refractivity contribution in [2.24, 2.45) is 22.9 Å². The van der Waals surface area contributed by atoms with Crippen LogP contribution in [0.2, 0.25) is 0 Å². The minimum absolute atomic E-state index is 0.00414. The van der Waals surface area contributed by atoms with E-state index >= 15 is 0 Å². The van der Waals surface area contributed by atoms with Crippen LogP contribution in [0.15, 0.2) is 114 Å². The van der Waals surface area contributed by atoms with Gasteiger partial charge in [0.25, 0.3) is 5.69 Å². The number of nitro groups is 1. The van der Waals surface area contributed by atoms with Gasteiger partial charge in [-0.1, -0.05) is 48.3 Å². The third kappa shape index (κ3) is 10.4. The molecule has 0 saturated heterocycles. The Morgan fingerprint density at radius 1 is 0.954 bits per heavy atom. The van der Waals surface area contributed by atoms with Crippen molar-refractivity contribution in [1.82, 2.24) is 4.90 Å². The minimum atomic E-state index is -1.56. The SMILES string of the molecule is C=CCOC12Oc3ccc(Oc4ccc(C)c(C)c4)cc3C3C(CCCCO)C(CCCCO)C=C(C(=NOCc4ccc([N+](=O)[O-])cc4)CC1N(Cc1ccc(F)cc1)C(=O)OC)C32. The number of unbranched alkanes of at least 4 members (excludes halogenated alkanes) is 2. The van der Waals surface area contributed by atoms with Crippen molar-refractivity contribution in [3.63, 3.8) is 0 Å². The fourth-order valence-corrected chi connectivity index (χ4v) is 9.73. The molecule has 4 aromatic rings. The summed E-state index contributed by atoms with van der Waals surface area (Å²) >= 11 is 0. The molecule has 2 aliphatic carbocycles. The van der Waals surface area contributed by atoms with Crippen LogP contribution in [-0.4, -0.2) is 70.6 Å². The van der Waals surface area contributed by atoms with Crippen molar-refractivity contribution in [3.05, 3.63) is 153 Å². The number of halogens is 1. The van der Waals surface area contributed by atoms with E-state index in [-0.39, 0.29) is 62.8 Å². The number of amides is 1. The summed E-state index contributed by atoms with van der Waals surface area (Å²) in [6, 6.07) is 22.8. The van der Waals surface area contributed by atoms with E-state index in [2.05, 4.69) is 19.6 Å². The van der Waals surface area contributed by atoms with Gasteiger partial charge in [-0.25, -0.2) is 9.18 Å². The highest BCUT2D eigenvalue weighted by atomic mass is 19.1. The van der Waals surface area contributed by atoms with Crippen molar-refractivity contribution in [1.29, 1.82) is 0 Å². The van der Waals surface area contributed by atoms with Gasteiger partial charge in [-0.2, -0.15) is 0 Å². The highest BCUT2D eigenvalue weighted by molar-refractivity contribution is 6.03. The second-order valence-corrected chi connectivity index (χ2v) is 17.0.